The van der Waals surface area contributed by atoms with Gasteiger partial charge in [0.2, 0.25) is 5.72 Å². The number of anilines is 1. The van der Waals surface area contributed by atoms with Crippen molar-refractivity contribution < 1.29 is 14.3 Å². The van der Waals surface area contributed by atoms with Crippen LogP contribution in [-0.4, -0.2) is 23.4 Å². The van der Waals surface area contributed by atoms with Crippen molar-refractivity contribution in [3.8, 4) is 5.75 Å². The average molecular weight is 494 g/mol. The van der Waals surface area contributed by atoms with Crippen LogP contribution in [0.15, 0.2) is 59.6 Å². The molecule has 2 aromatic rings. The first-order valence-electron chi connectivity index (χ1n) is 8.97. The van der Waals surface area contributed by atoms with Crippen LogP contribution in [0, 0.1) is 5.92 Å². The summed E-state index contributed by atoms with van der Waals surface area (Å²) in [6.45, 7) is 5.59. The quantitative estimate of drug-likeness (QED) is 0.368. The highest BCUT2D eigenvalue weighted by molar-refractivity contribution is 9.10. The van der Waals surface area contributed by atoms with Gasteiger partial charge in [-0.05, 0) is 55.5 Å². The summed E-state index contributed by atoms with van der Waals surface area (Å²) in [4.78, 5) is 14.9. The van der Waals surface area contributed by atoms with Crippen LogP contribution < -0.4 is 15.0 Å². The summed E-state index contributed by atoms with van der Waals surface area (Å²) in [5.41, 5.74) is 0.455. The molecule has 0 amide bonds. The maximum atomic E-state index is 13.1. The Bertz CT molecular complexity index is 1020. The molecule has 2 aromatic carbocycles. The number of thiocarbonyl (C=S) groups is 1. The van der Waals surface area contributed by atoms with Gasteiger partial charge in [0.25, 0.3) is 0 Å². The average Bonchev–Trinajstić information content (AvgIpc) is 2.66. The van der Waals surface area contributed by atoms with Crippen molar-refractivity contribution in [3.63, 3.8) is 0 Å². The number of carbonyl (C=O) groups is 1. The first kappa shape index (κ1) is 20.2. The molecule has 5 nitrogen and oxygen atoms in total. The molecule has 3 atom stereocenters. The van der Waals surface area contributed by atoms with Crippen LogP contribution in [0.4, 0.5) is 5.69 Å². The van der Waals surface area contributed by atoms with Gasteiger partial charge in [0.05, 0.1) is 6.04 Å². The molecule has 2 aliphatic heterocycles. The summed E-state index contributed by atoms with van der Waals surface area (Å²) in [5.74, 6) is -0.457. The van der Waals surface area contributed by atoms with Gasteiger partial charge in [-0.2, -0.15) is 0 Å². The molecule has 4 rings (SSSR count). The molecule has 0 aliphatic carbocycles. The number of hydrogen-bond acceptors (Lipinski definition) is 4. The molecule has 0 unspecified atom stereocenters. The van der Waals surface area contributed by atoms with Crippen molar-refractivity contribution in [2.24, 2.45) is 5.92 Å². The molecule has 8 heteroatoms. The summed E-state index contributed by atoms with van der Waals surface area (Å²) < 4.78 is 12.8. The fourth-order valence-electron chi connectivity index (χ4n) is 3.95. The standard InChI is InChI=1S/C21H18BrClN2O3S/c1-3-9-27-19(26)17-18-15-11-13(23)7-8-16(15)28-21(17,2)25(20(29)24-18)14-6-4-5-12(22)10-14/h3-8,10-11,17-18H,1,9H2,2H3,(H,24,29)/t17-,18-,21-/m0/s1. The van der Waals surface area contributed by atoms with E-state index in [0.29, 0.717) is 15.9 Å². The highest BCUT2D eigenvalue weighted by atomic mass is 79.9. The van der Waals surface area contributed by atoms with Crippen LogP contribution >= 0.6 is 39.7 Å². The Morgan fingerprint density at radius 3 is 2.97 bits per heavy atom. The summed E-state index contributed by atoms with van der Waals surface area (Å²) in [6, 6.07) is 12.6. The molecule has 1 fully saturated rings. The van der Waals surface area contributed by atoms with E-state index >= 15 is 0 Å². The molecule has 0 saturated carbocycles. The van der Waals surface area contributed by atoms with E-state index in [4.69, 9.17) is 33.3 Å². The largest absolute Gasteiger partial charge is 0.466 e. The number of carbonyl (C=O) groups excluding carboxylic acids is 1. The fraction of sp³-hybridized carbons (Fsp3) is 0.238. The second kappa shape index (κ2) is 7.63. The molecule has 2 bridgehead atoms. The number of benzene rings is 2. The SMILES string of the molecule is C=CCOC(=O)[C@@H]1[C@H]2NC(=S)N(c3cccc(Br)c3)[C@@]1(C)Oc1ccc(Cl)cc12. The maximum absolute atomic E-state index is 13.1. The Kier molecular flexibility index (Phi) is 5.31. The number of nitrogens with one attached hydrogen (secondary N) is 1. The van der Waals surface area contributed by atoms with Gasteiger partial charge < -0.3 is 14.8 Å². The summed E-state index contributed by atoms with van der Waals surface area (Å²) in [7, 11) is 0. The smallest absolute Gasteiger partial charge is 0.317 e. The Hall–Kier alpha value is -2.09. The monoisotopic (exact) mass is 492 g/mol. The highest BCUT2D eigenvalue weighted by Gasteiger charge is 2.59. The van der Waals surface area contributed by atoms with Crippen LogP contribution in [0.2, 0.25) is 5.02 Å². The molecule has 1 N–H and O–H groups in total. The van der Waals surface area contributed by atoms with Crippen molar-refractivity contribution in [2.45, 2.75) is 18.7 Å². The van der Waals surface area contributed by atoms with Crippen molar-refractivity contribution >= 4 is 56.5 Å². The third-order valence-electron chi connectivity index (χ3n) is 5.12. The third-order valence-corrected chi connectivity index (χ3v) is 6.15. The number of ether oxygens (including phenoxy) is 2. The van der Waals surface area contributed by atoms with Gasteiger partial charge in [0.15, 0.2) is 5.11 Å². The van der Waals surface area contributed by atoms with Crippen LogP contribution in [0.25, 0.3) is 0 Å². The molecule has 150 valence electrons. The third kappa shape index (κ3) is 3.41. The predicted octanol–water partition coefficient (Wildman–Crippen LogP) is 4.99. The maximum Gasteiger partial charge on any atom is 0.317 e. The van der Waals surface area contributed by atoms with Crippen LogP contribution in [-0.2, 0) is 9.53 Å². The lowest BCUT2D eigenvalue weighted by Gasteiger charge is -2.55. The van der Waals surface area contributed by atoms with Crippen LogP contribution in [0.5, 0.6) is 5.75 Å². The van der Waals surface area contributed by atoms with Crippen molar-refractivity contribution in [1.29, 1.82) is 0 Å². The normalized spacial score (nSPS) is 24.8. The number of rotatable bonds is 4. The van der Waals surface area contributed by atoms with Gasteiger partial charge in [0.1, 0.15) is 18.3 Å². The molecule has 1 saturated heterocycles. The zero-order valence-electron chi connectivity index (χ0n) is 15.5. The second-order valence-corrected chi connectivity index (χ2v) is 8.72. The Morgan fingerprint density at radius 1 is 1.45 bits per heavy atom. The van der Waals surface area contributed by atoms with E-state index in [1.54, 1.807) is 12.1 Å². The Labute approximate surface area is 187 Å². The van der Waals surface area contributed by atoms with Crippen LogP contribution in [0.1, 0.15) is 18.5 Å². The fourth-order valence-corrected chi connectivity index (χ4v) is 4.93. The molecule has 29 heavy (non-hydrogen) atoms. The number of nitrogens with zero attached hydrogens (tertiary/aromatic N) is 1. The van der Waals surface area contributed by atoms with Gasteiger partial charge >= 0.3 is 5.97 Å². The minimum Gasteiger partial charge on any atom is -0.466 e. The van der Waals surface area contributed by atoms with E-state index in [1.807, 2.05) is 42.2 Å². The molecule has 2 heterocycles. The van der Waals surface area contributed by atoms with E-state index in [1.165, 1.54) is 6.08 Å². The van der Waals surface area contributed by atoms with Crippen molar-refractivity contribution in [2.75, 3.05) is 11.5 Å². The molecule has 0 radical (unpaired) electrons. The number of fused-ring (bicyclic) bond motifs is 4. The minimum atomic E-state index is -1.10. The Balaban J connectivity index is 1.88. The topological polar surface area (TPSA) is 50.8 Å². The first-order chi connectivity index (χ1) is 13.8. The minimum absolute atomic E-state index is 0.113. The molecular weight excluding hydrogens is 476 g/mol. The molecule has 2 aliphatic rings. The summed E-state index contributed by atoms with van der Waals surface area (Å²) in [6.07, 6.45) is 1.54. The molecule has 0 aromatic heterocycles. The van der Waals surface area contributed by atoms with E-state index in [9.17, 15) is 4.79 Å². The van der Waals surface area contributed by atoms with Gasteiger partial charge in [-0.3, -0.25) is 9.69 Å². The molecular formula is C21H18BrClN2O3S. The lowest BCUT2D eigenvalue weighted by atomic mass is 9.79. The van der Waals surface area contributed by atoms with Gasteiger partial charge in [-0.25, -0.2) is 0 Å². The molecule has 0 spiro atoms. The predicted molar refractivity (Wildman–Crippen MR) is 120 cm³/mol. The van der Waals surface area contributed by atoms with E-state index in [0.717, 1.165) is 15.7 Å². The van der Waals surface area contributed by atoms with Gasteiger partial charge in [0, 0.05) is 20.7 Å². The first-order valence-corrected chi connectivity index (χ1v) is 10.6. The highest BCUT2D eigenvalue weighted by Crippen LogP contribution is 2.50. The summed E-state index contributed by atoms with van der Waals surface area (Å²) >= 11 is 15.4. The van der Waals surface area contributed by atoms with Gasteiger partial charge in [-0.1, -0.05) is 46.3 Å². The van der Waals surface area contributed by atoms with Gasteiger partial charge in [-0.15, -0.1) is 0 Å². The zero-order chi connectivity index (χ0) is 20.8. The Morgan fingerprint density at radius 2 is 2.24 bits per heavy atom. The number of halogens is 2. The van der Waals surface area contributed by atoms with Crippen molar-refractivity contribution in [1.82, 2.24) is 5.32 Å². The van der Waals surface area contributed by atoms with Crippen LogP contribution in [0.3, 0.4) is 0 Å². The zero-order valence-corrected chi connectivity index (χ0v) is 18.7. The van der Waals surface area contributed by atoms with Crippen molar-refractivity contribution in [3.05, 3.63) is 70.2 Å². The number of hydrogen-bond donors (Lipinski definition) is 1. The number of esters is 1. The van der Waals surface area contributed by atoms with E-state index in [2.05, 4.69) is 27.8 Å². The second-order valence-electron chi connectivity index (χ2n) is 6.98. The van der Waals surface area contributed by atoms with E-state index in [-0.39, 0.29) is 6.61 Å². The lowest BCUT2D eigenvalue weighted by molar-refractivity contribution is -0.159. The van der Waals surface area contributed by atoms with E-state index < -0.39 is 23.7 Å². The lowest BCUT2D eigenvalue weighted by Crippen LogP contribution is -2.71. The summed E-state index contributed by atoms with van der Waals surface area (Å²) in [5, 5.41) is 4.31.